The highest BCUT2D eigenvalue weighted by Crippen LogP contribution is 2.53. The van der Waals surface area contributed by atoms with Crippen molar-refractivity contribution in [1.29, 1.82) is 0 Å². The molecule has 0 N–H and O–H groups in total. The Morgan fingerprint density at radius 3 is 2.07 bits per heavy atom. The second-order valence-corrected chi connectivity index (χ2v) is 21.0. The summed E-state index contributed by atoms with van der Waals surface area (Å²) in [4.78, 5) is 0. The van der Waals surface area contributed by atoms with E-state index in [0.29, 0.717) is 0 Å². The predicted molar refractivity (Wildman–Crippen MR) is 180 cm³/mol. The Labute approximate surface area is 247 Å². The first-order valence-corrected chi connectivity index (χ1v) is 18.7. The maximum Gasteiger partial charge on any atom is 0.228 e. The molecule has 2 nitrogen and oxygen atoms in total. The van der Waals surface area contributed by atoms with E-state index in [2.05, 4.69) is 134 Å². The Hall–Kier alpha value is -3.17. The predicted octanol–water partition coefficient (Wildman–Crippen LogP) is 9.77. The topological polar surface area (TPSA) is 13.1 Å². The van der Waals surface area contributed by atoms with Gasteiger partial charge in [-0.25, -0.2) is 4.57 Å². The first kappa shape index (κ1) is 28.0. The maximum absolute atomic E-state index is 7.22. The van der Waals surface area contributed by atoms with Crippen molar-refractivity contribution < 1.29 is 9.30 Å². The molecule has 5 aromatic rings. The van der Waals surface area contributed by atoms with Gasteiger partial charge in [-0.2, -0.15) is 0 Å². The standard InChI is InChI=1S/C38H46NOSi/c1-23-30-18-24(21-37(2,3)4)12-14-29(30)31(22-38(5,6)7)36-32(23)34-33-25(16-17-39(34)8)19-26-20-27(41(9,10)11)13-15-28(26)35(33)40-36/h12-20H,21-22H2,1-11H3/q+1. The van der Waals surface area contributed by atoms with E-state index in [0.717, 1.165) is 24.3 Å². The van der Waals surface area contributed by atoms with Crippen LogP contribution in [0.3, 0.4) is 0 Å². The van der Waals surface area contributed by atoms with Gasteiger partial charge in [-0.15, -0.1) is 0 Å². The highest BCUT2D eigenvalue weighted by Gasteiger charge is 2.35. The lowest BCUT2D eigenvalue weighted by atomic mass is 9.80. The minimum atomic E-state index is -1.45. The summed E-state index contributed by atoms with van der Waals surface area (Å²) in [6, 6.07) is 18.9. The SMILES string of the molecule is Cc1c2c(c(CC(C)(C)C)c3ccc(CC(C)(C)C)cc13)Oc1c3ccc([Si](C)(C)C)cc3cc3cc[n+](C)c-2c13. The van der Waals surface area contributed by atoms with E-state index in [1.54, 1.807) is 0 Å². The molecule has 1 aromatic heterocycles. The van der Waals surface area contributed by atoms with E-state index >= 15 is 0 Å². The molecule has 212 valence electrons. The molecule has 1 aliphatic rings. The van der Waals surface area contributed by atoms with Gasteiger partial charge in [0.05, 0.1) is 19.0 Å². The molecule has 0 fully saturated rings. The van der Waals surface area contributed by atoms with Crippen LogP contribution < -0.4 is 14.5 Å². The van der Waals surface area contributed by atoms with Gasteiger partial charge in [-0.1, -0.05) is 103 Å². The number of fused-ring (bicyclic) bond motifs is 5. The highest BCUT2D eigenvalue weighted by atomic mass is 28.3. The summed E-state index contributed by atoms with van der Waals surface area (Å²) in [7, 11) is 0.742. The number of ether oxygens (including phenoxy) is 1. The molecule has 3 heteroatoms. The van der Waals surface area contributed by atoms with Crippen LogP contribution in [0.25, 0.3) is 43.6 Å². The first-order chi connectivity index (χ1) is 19.0. The van der Waals surface area contributed by atoms with Crippen LogP contribution in [0.1, 0.15) is 58.2 Å². The van der Waals surface area contributed by atoms with Crippen molar-refractivity contribution in [2.24, 2.45) is 17.9 Å². The molecule has 0 unspecified atom stereocenters. The molecule has 0 radical (unpaired) electrons. The van der Waals surface area contributed by atoms with Crippen molar-refractivity contribution in [2.75, 3.05) is 0 Å². The molecule has 0 spiro atoms. The third-order valence-corrected chi connectivity index (χ3v) is 10.7. The van der Waals surface area contributed by atoms with Gasteiger partial charge in [0.25, 0.3) is 0 Å². The van der Waals surface area contributed by atoms with Gasteiger partial charge in [0.1, 0.15) is 18.5 Å². The number of aryl methyl sites for hydroxylation is 2. The Bertz CT molecular complexity index is 1880. The molecule has 0 saturated carbocycles. The molecule has 6 rings (SSSR count). The summed E-state index contributed by atoms with van der Waals surface area (Å²) in [5, 5.41) is 9.12. The van der Waals surface area contributed by atoms with E-state index in [4.69, 9.17) is 4.74 Å². The lowest BCUT2D eigenvalue weighted by Crippen LogP contribution is -2.37. The van der Waals surface area contributed by atoms with Gasteiger partial charge in [0.15, 0.2) is 6.20 Å². The van der Waals surface area contributed by atoms with Gasteiger partial charge in [-0.05, 0) is 69.3 Å². The summed E-state index contributed by atoms with van der Waals surface area (Å²) in [5.41, 5.74) is 6.91. The first-order valence-electron chi connectivity index (χ1n) is 15.2. The van der Waals surface area contributed by atoms with Crippen molar-refractivity contribution in [3.05, 3.63) is 71.4 Å². The number of pyridine rings is 1. The van der Waals surface area contributed by atoms with Crippen LogP contribution in [0, 0.1) is 17.8 Å². The van der Waals surface area contributed by atoms with Crippen molar-refractivity contribution in [3.8, 4) is 22.8 Å². The minimum absolute atomic E-state index is 0.114. The fourth-order valence-electron chi connectivity index (χ4n) is 6.76. The van der Waals surface area contributed by atoms with E-state index in [1.165, 1.54) is 65.5 Å². The largest absolute Gasteiger partial charge is 0.455 e. The van der Waals surface area contributed by atoms with Crippen LogP contribution in [0.15, 0.2) is 54.7 Å². The Balaban J connectivity index is 1.73. The minimum Gasteiger partial charge on any atom is -0.455 e. The smallest absolute Gasteiger partial charge is 0.228 e. The van der Waals surface area contributed by atoms with Gasteiger partial charge in [0.2, 0.25) is 5.69 Å². The molecule has 0 saturated heterocycles. The molecule has 4 aromatic carbocycles. The number of hydrogen-bond donors (Lipinski definition) is 0. The van der Waals surface area contributed by atoms with E-state index < -0.39 is 8.07 Å². The van der Waals surface area contributed by atoms with Gasteiger partial charge < -0.3 is 4.74 Å². The maximum atomic E-state index is 7.22. The summed E-state index contributed by atoms with van der Waals surface area (Å²) in [6.45, 7) is 23.5. The normalized spacial score (nSPS) is 13.6. The zero-order valence-corrected chi connectivity index (χ0v) is 28.0. The fourth-order valence-corrected chi connectivity index (χ4v) is 7.93. The monoisotopic (exact) mass is 560 g/mol. The van der Waals surface area contributed by atoms with Crippen LogP contribution in [0.4, 0.5) is 0 Å². The molecular formula is C38H46NOSi+. The second-order valence-electron chi connectivity index (χ2n) is 15.9. The zero-order chi connectivity index (χ0) is 29.6. The lowest BCUT2D eigenvalue weighted by Gasteiger charge is -2.29. The van der Waals surface area contributed by atoms with Crippen LogP contribution in [-0.2, 0) is 19.9 Å². The van der Waals surface area contributed by atoms with Crippen LogP contribution in [-0.4, -0.2) is 8.07 Å². The average molecular weight is 561 g/mol. The third-order valence-electron chi connectivity index (χ3n) is 8.63. The number of nitrogens with zero attached hydrogens (tertiary/aromatic N) is 1. The van der Waals surface area contributed by atoms with Gasteiger partial charge >= 0.3 is 0 Å². The van der Waals surface area contributed by atoms with E-state index in [1.807, 2.05) is 0 Å². The van der Waals surface area contributed by atoms with Crippen LogP contribution in [0.5, 0.6) is 11.5 Å². The second kappa shape index (κ2) is 9.16. The number of benzene rings is 4. The number of hydrogen-bond acceptors (Lipinski definition) is 1. The molecule has 0 atom stereocenters. The average Bonchev–Trinajstić information content (AvgIpc) is 2.85. The highest BCUT2D eigenvalue weighted by molar-refractivity contribution is 6.88. The lowest BCUT2D eigenvalue weighted by molar-refractivity contribution is -0.659. The molecule has 0 bridgehead atoms. The summed E-state index contributed by atoms with van der Waals surface area (Å²) < 4.78 is 9.53. The van der Waals surface area contributed by atoms with Crippen LogP contribution >= 0.6 is 0 Å². The van der Waals surface area contributed by atoms with E-state index in [9.17, 15) is 0 Å². The van der Waals surface area contributed by atoms with Gasteiger partial charge in [-0.3, -0.25) is 0 Å². The molecule has 0 amide bonds. The third kappa shape index (κ3) is 4.86. The van der Waals surface area contributed by atoms with Crippen LogP contribution in [0.2, 0.25) is 19.6 Å². The van der Waals surface area contributed by atoms with Crippen molar-refractivity contribution in [3.63, 3.8) is 0 Å². The van der Waals surface area contributed by atoms with Crippen molar-refractivity contribution in [2.45, 2.75) is 80.9 Å². The zero-order valence-electron chi connectivity index (χ0n) is 27.0. The number of rotatable bonds is 3. The fraction of sp³-hybridized carbons (Fsp3) is 0.395. The summed E-state index contributed by atoms with van der Waals surface area (Å²) in [5.74, 6) is 2.06. The van der Waals surface area contributed by atoms with Crippen molar-refractivity contribution in [1.82, 2.24) is 0 Å². The van der Waals surface area contributed by atoms with Crippen molar-refractivity contribution >= 4 is 45.6 Å². The Morgan fingerprint density at radius 1 is 0.732 bits per heavy atom. The Kier molecular flexibility index (Phi) is 6.25. The summed E-state index contributed by atoms with van der Waals surface area (Å²) >= 11 is 0. The molecule has 0 aliphatic carbocycles. The molecular weight excluding hydrogens is 515 g/mol. The molecule has 41 heavy (non-hydrogen) atoms. The summed E-state index contributed by atoms with van der Waals surface area (Å²) in [6.07, 6.45) is 4.24. The Morgan fingerprint density at radius 2 is 1.41 bits per heavy atom. The number of aromatic nitrogens is 1. The quantitative estimate of drug-likeness (QED) is 0.119. The van der Waals surface area contributed by atoms with Gasteiger partial charge in [0, 0.05) is 17.0 Å². The molecule has 2 heterocycles. The van der Waals surface area contributed by atoms with E-state index in [-0.39, 0.29) is 10.8 Å². The molecule has 1 aliphatic heterocycles.